The van der Waals surface area contributed by atoms with Crippen molar-refractivity contribution >= 4 is 11.9 Å². The molecule has 0 amide bonds. The Kier molecular flexibility index (Phi) is 7.41. The van der Waals surface area contributed by atoms with Crippen LogP contribution in [0.5, 0.6) is 0 Å². The summed E-state index contributed by atoms with van der Waals surface area (Å²) >= 11 is 0. The predicted octanol–water partition coefficient (Wildman–Crippen LogP) is 7.47. The molecule has 11 atom stereocenters. The lowest BCUT2D eigenvalue weighted by Crippen LogP contribution is -2.76. The largest absolute Gasteiger partial charge is 0.465 e. The van der Waals surface area contributed by atoms with Crippen LogP contribution < -0.4 is 5.73 Å². The van der Waals surface area contributed by atoms with Crippen LogP contribution in [-0.2, 0) is 19.1 Å². The minimum absolute atomic E-state index is 0.000608. The van der Waals surface area contributed by atoms with Crippen LogP contribution in [0.25, 0.3) is 0 Å². The standard InChI is InChI=1S/C35H57NO4/c1-21(2)25-10-16-34(20-39-23(5)37)19-18-33(9)32(8)15-11-26-29(22(3)4)27(40-24(6)38)12-14-31(26,7)28(32)13-17-35(33,36)30(25)34/h22,25-30H,1,10-20,36H2,2-9H3/t25-,26-,27-,28+,29?,30-,31-,32+,33-,34+,35-/m0/s1. The summed E-state index contributed by atoms with van der Waals surface area (Å²) in [5.41, 5.74) is 9.17. The lowest BCUT2D eigenvalue weighted by Gasteiger charge is -2.75. The molecule has 5 rings (SSSR count). The van der Waals surface area contributed by atoms with Gasteiger partial charge >= 0.3 is 11.9 Å². The summed E-state index contributed by atoms with van der Waals surface area (Å²) in [5, 5.41) is 0. The molecule has 226 valence electrons. The number of hydrogen-bond donors (Lipinski definition) is 1. The molecule has 40 heavy (non-hydrogen) atoms. The fraction of sp³-hybridized carbons (Fsp3) is 0.886. The van der Waals surface area contributed by atoms with Crippen LogP contribution in [-0.4, -0.2) is 30.2 Å². The van der Waals surface area contributed by atoms with Gasteiger partial charge in [0.15, 0.2) is 0 Å². The molecule has 0 aromatic rings. The molecule has 5 saturated carbocycles. The highest BCUT2D eigenvalue weighted by molar-refractivity contribution is 5.66. The maximum Gasteiger partial charge on any atom is 0.302 e. The number of hydrogen-bond acceptors (Lipinski definition) is 5. The summed E-state index contributed by atoms with van der Waals surface area (Å²) < 4.78 is 11.8. The van der Waals surface area contributed by atoms with Crippen molar-refractivity contribution in [2.24, 2.45) is 62.9 Å². The zero-order valence-corrected chi connectivity index (χ0v) is 26.7. The average molecular weight is 556 g/mol. The first-order valence-corrected chi connectivity index (χ1v) is 16.3. The summed E-state index contributed by atoms with van der Waals surface area (Å²) in [7, 11) is 0. The molecule has 5 aliphatic rings. The Hall–Kier alpha value is -1.36. The van der Waals surface area contributed by atoms with Gasteiger partial charge in [0.2, 0.25) is 0 Å². The van der Waals surface area contributed by atoms with Gasteiger partial charge < -0.3 is 15.2 Å². The molecule has 5 nitrogen and oxygen atoms in total. The summed E-state index contributed by atoms with van der Waals surface area (Å²) in [6.07, 6.45) is 11.0. The Balaban J connectivity index is 1.53. The summed E-state index contributed by atoms with van der Waals surface area (Å²) in [6.45, 7) is 22.7. The molecular formula is C35H57NO4. The van der Waals surface area contributed by atoms with Gasteiger partial charge in [-0.1, -0.05) is 46.8 Å². The van der Waals surface area contributed by atoms with E-state index in [0.29, 0.717) is 42.1 Å². The van der Waals surface area contributed by atoms with Crippen molar-refractivity contribution in [3.05, 3.63) is 12.2 Å². The molecule has 0 saturated heterocycles. The van der Waals surface area contributed by atoms with Crippen LogP contribution in [0, 0.1) is 57.2 Å². The average Bonchev–Trinajstić information content (AvgIpc) is 3.25. The molecule has 0 spiro atoms. The first kappa shape index (κ1) is 30.1. The minimum Gasteiger partial charge on any atom is -0.465 e. The number of carbonyl (C=O) groups excluding carboxylic acids is 2. The Morgan fingerprint density at radius 2 is 1.60 bits per heavy atom. The van der Waals surface area contributed by atoms with E-state index in [0.717, 1.165) is 51.4 Å². The van der Waals surface area contributed by atoms with Gasteiger partial charge in [0.1, 0.15) is 6.10 Å². The first-order chi connectivity index (χ1) is 18.6. The first-order valence-electron chi connectivity index (χ1n) is 16.3. The van der Waals surface area contributed by atoms with Gasteiger partial charge in [0.05, 0.1) is 6.61 Å². The van der Waals surface area contributed by atoms with Gasteiger partial charge in [-0.2, -0.15) is 0 Å². The topological polar surface area (TPSA) is 78.6 Å². The molecule has 0 radical (unpaired) electrons. The zero-order valence-electron chi connectivity index (χ0n) is 26.7. The van der Waals surface area contributed by atoms with E-state index in [2.05, 4.69) is 48.1 Å². The Morgan fingerprint density at radius 1 is 0.900 bits per heavy atom. The minimum atomic E-state index is -0.313. The Bertz CT molecular complexity index is 1050. The second-order valence-electron chi connectivity index (χ2n) is 16.2. The van der Waals surface area contributed by atoms with E-state index in [-0.39, 0.29) is 45.2 Å². The van der Waals surface area contributed by atoms with E-state index in [4.69, 9.17) is 15.2 Å². The van der Waals surface area contributed by atoms with E-state index >= 15 is 0 Å². The van der Waals surface area contributed by atoms with Gasteiger partial charge in [0.25, 0.3) is 0 Å². The van der Waals surface area contributed by atoms with Crippen molar-refractivity contribution in [1.29, 1.82) is 0 Å². The maximum atomic E-state index is 12.0. The quantitative estimate of drug-likeness (QED) is 0.281. The van der Waals surface area contributed by atoms with E-state index in [1.54, 1.807) is 6.92 Å². The third-order valence-electron chi connectivity index (χ3n) is 14.4. The van der Waals surface area contributed by atoms with Crippen molar-refractivity contribution in [2.45, 2.75) is 131 Å². The van der Waals surface area contributed by atoms with Gasteiger partial charge in [-0.25, -0.2) is 0 Å². The number of esters is 2. The Morgan fingerprint density at radius 3 is 2.20 bits per heavy atom. The smallest absolute Gasteiger partial charge is 0.302 e. The van der Waals surface area contributed by atoms with Crippen molar-refractivity contribution in [3.8, 4) is 0 Å². The fourth-order valence-corrected chi connectivity index (χ4v) is 12.5. The van der Waals surface area contributed by atoms with Crippen LogP contribution in [0.4, 0.5) is 0 Å². The summed E-state index contributed by atoms with van der Waals surface area (Å²) in [6, 6.07) is 0. The van der Waals surface area contributed by atoms with Crippen LogP contribution in [0.3, 0.4) is 0 Å². The van der Waals surface area contributed by atoms with Gasteiger partial charge in [-0.15, -0.1) is 0 Å². The number of fused-ring (bicyclic) bond motifs is 7. The van der Waals surface area contributed by atoms with Gasteiger partial charge in [-0.05, 0) is 117 Å². The van der Waals surface area contributed by atoms with E-state index < -0.39 is 0 Å². The van der Waals surface area contributed by atoms with E-state index in [1.807, 2.05) is 0 Å². The zero-order chi connectivity index (χ0) is 29.5. The number of ether oxygens (including phenoxy) is 2. The number of allylic oxidation sites excluding steroid dienone is 1. The molecule has 0 heterocycles. The lowest BCUT2D eigenvalue weighted by molar-refractivity contribution is -0.251. The van der Waals surface area contributed by atoms with Crippen molar-refractivity contribution in [1.82, 2.24) is 0 Å². The normalized spacial score (nSPS) is 49.8. The Labute approximate surface area is 243 Å². The molecule has 0 bridgehead atoms. The van der Waals surface area contributed by atoms with Gasteiger partial charge in [0, 0.05) is 30.7 Å². The van der Waals surface area contributed by atoms with Crippen molar-refractivity contribution < 1.29 is 19.1 Å². The summed E-state index contributed by atoms with van der Waals surface area (Å²) in [4.78, 5) is 24.0. The number of nitrogens with two attached hydrogens (primary N) is 1. The monoisotopic (exact) mass is 555 g/mol. The second kappa shape index (κ2) is 9.85. The van der Waals surface area contributed by atoms with Crippen molar-refractivity contribution in [2.75, 3.05) is 6.61 Å². The van der Waals surface area contributed by atoms with Crippen molar-refractivity contribution in [3.63, 3.8) is 0 Å². The predicted molar refractivity (Wildman–Crippen MR) is 159 cm³/mol. The van der Waals surface area contributed by atoms with Crippen LogP contribution in [0.15, 0.2) is 12.2 Å². The van der Waals surface area contributed by atoms with Crippen LogP contribution in [0.2, 0.25) is 0 Å². The molecule has 5 heteroatoms. The van der Waals surface area contributed by atoms with E-state index in [1.165, 1.54) is 25.3 Å². The maximum absolute atomic E-state index is 12.0. The van der Waals surface area contributed by atoms with Crippen LogP contribution >= 0.6 is 0 Å². The summed E-state index contributed by atoms with van der Waals surface area (Å²) in [5.74, 6) is 2.42. The van der Waals surface area contributed by atoms with E-state index in [9.17, 15) is 9.59 Å². The third kappa shape index (κ3) is 4.02. The number of rotatable bonds is 5. The highest BCUT2D eigenvalue weighted by atomic mass is 16.5. The molecular weight excluding hydrogens is 498 g/mol. The molecule has 0 aromatic heterocycles. The molecule has 0 aliphatic heterocycles. The highest BCUT2D eigenvalue weighted by Crippen LogP contribution is 2.77. The SMILES string of the molecule is C=C(C)[C@@H]1CC[C@]2(COC(C)=O)CC[C@@]3(C)[C@]4(C)CC[C@H]5C(C(C)C)[C@@H](OC(C)=O)CC[C@]5(C)[C@H]4CC[C@]3(N)[C@@H]12. The third-order valence-corrected chi connectivity index (χ3v) is 14.4. The lowest BCUT2D eigenvalue weighted by atomic mass is 9.31. The van der Waals surface area contributed by atoms with Gasteiger partial charge in [-0.3, -0.25) is 9.59 Å². The number of carbonyl (C=O) groups is 2. The molecule has 5 aliphatic carbocycles. The molecule has 5 fully saturated rings. The molecule has 1 unspecified atom stereocenters. The molecule has 0 aromatic carbocycles. The fourth-order valence-electron chi connectivity index (χ4n) is 12.5. The molecule has 2 N–H and O–H groups in total. The van der Waals surface area contributed by atoms with Crippen LogP contribution in [0.1, 0.15) is 120 Å². The second-order valence-corrected chi connectivity index (χ2v) is 16.2. The highest BCUT2D eigenvalue weighted by Gasteiger charge is 2.74.